The maximum atomic E-state index is 5.59. The predicted octanol–water partition coefficient (Wildman–Crippen LogP) is 3.46. The molecule has 1 aromatic carbocycles. The Hall–Kier alpha value is -1.55. The van der Waals surface area contributed by atoms with Crippen molar-refractivity contribution in [2.45, 2.75) is 26.3 Å². The first-order chi connectivity index (χ1) is 8.19. The van der Waals surface area contributed by atoms with E-state index in [1.165, 1.54) is 22.7 Å². The van der Waals surface area contributed by atoms with Gasteiger partial charge in [0.25, 0.3) is 0 Å². The Labute approximate surface area is 106 Å². The molecule has 1 unspecified atom stereocenters. The molecule has 2 rings (SSSR count). The van der Waals surface area contributed by atoms with Gasteiger partial charge in [-0.3, -0.25) is 0 Å². The number of aryl methyl sites for hydroxylation is 1. The van der Waals surface area contributed by atoms with Crippen molar-refractivity contribution >= 4 is 22.4 Å². The molecule has 0 spiro atoms. The fraction of sp³-hybridized carbons (Fsp3) is 0.308. The maximum Gasteiger partial charge on any atom is 0.139 e. The number of aromatic nitrogens is 1. The van der Waals surface area contributed by atoms with E-state index in [0.717, 1.165) is 11.4 Å². The van der Waals surface area contributed by atoms with Crippen molar-refractivity contribution in [3.05, 3.63) is 41.5 Å². The van der Waals surface area contributed by atoms with Crippen LogP contribution in [0.2, 0.25) is 0 Å². The summed E-state index contributed by atoms with van der Waals surface area (Å²) in [5.74, 6) is 0.575. The second kappa shape index (κ2) is 5.19. The zero-order valence-electron chi connectivity index (χ0n) is 10.1. The van der Waals surface area contributed by atoms with Crippen molar-refractivity contribution in [3.8, 4) is 0 Å². The third kappa shape index (κ3) is 2.97. The molecule has 0 saturated carbocycles. The van der Waals surface area contributed by atoms with Crippen LogP contribution in [0.4, 0.5) is 10.8 Å². The Kier molecular flexibility index (Phi) is 3.64. The summed E-state index contributed by atoms with van der Waals surface area (Å²) in [6, 6.07) is 10.8. The minimum atomic E-state index is 0.265. The second-order valence-electron chi connectivity index (χ2n) is 4.08. The van der Waals surface area contributed by atoms with Gasteiger partial charge in [0.1, 0.15) is 10.8 Å². The Morgan fingerprint density at radius 1 is 1.35 bits per heavy atom. The second-order valence-corrected chi connectivity index (χ2v) is 4.88. The minimum absolute atomic E-state index is 0.265. The highest BCUT2D eigenvalue weighted by atomic mass is 32.1. The van der Waals surface area contributed by atoms with Crippen LogP contribution < -0.4 is 11.1 Å². The zero-order chi connectivity index (χ0) is 12.3. The molecular weight excluding hydrogens is 230 g/mol. The molecule has 1 heterocycles. The highest BCUT2D eigenvalue weighted by molar-refractivity contribution is 7.10. The molecule has 90 valence electrons. The largest absolute Gasteiger partial charge is 0.383 e. The van der Waals surface area contributed by atoms with Crippen molar-refractivity contribution < 1.29 is 0 Å². The molecule has 0 bridgehead atoms. The minimum Gasteiger partial charge on any atom is -0.383 e. The van der Waals surface area contributed by atoms with Gasteiger partial charge in [-0.05, 0) is 36.0 Å². The fourth-order valence-corrected chi connectivity index (χ4v) is 2.36. The molecule has 1 aromatic heterocycles. The van der Waals surface area contributed by atoms with Crippen LogP contribution in [0.3, 0.4) is 0 Å². The quantitative estimate of drug-likeness (QED) is 0.870. The monoisotopic (exact) mass is 247 g/mol. The average molecular weight is 247 g/mol. The Morgan fingerprint density at radius 3 is 2.59 bits per heavy atom. The molecule has 0 fully saturated rings. The molecular formula is C13H17N3S. The summed E-state index contributed by atoms with van der Waals surface area (Å²) in [4.78, 5) is 0. The first-order valence-electron chi connectivity index (χ1n) is 5.76. The first kappa shape index (κ1) is 11.9. The van der Waals surface area contributed by atoms with Crippen molar-refractivity contribution in [2.75, 3.05) is 11.1 Å². The summed E-state index contributed by atoms with van der Waals surface area (Å²) in [5, 5.41) is 4.40. The Bertz CT molecular complexity index is 476. The average Bonchev–Trinajstić information content (AvgIpc) is 2.75. The molecule has 0 radical (unpaired) electrons. The van der Waals surface area contributed by atoms with E-state index in [1.807, 2.05) is 6.07 Å². The highest BCUT2D eigenvalue weighted by Crippen LogP contribution is 2.24. The highest BCUT2D eigenvalue weighted by Gasteiger charge is 2.06. The Balaban J connectivity index is 2.06. The van der Waals surface area contributed by atoms with Gasteiger partial charge in [-0.1, -0.05) is 31.2 Å². The normalized spacial score (nSPS) is 12.4. The lowest BCUT2D eigenvalue weighted by Gasteiger charge is -2.14. The number of hydrogen-bond acceptors (Lipinski definition) is 4. The molecule has 17 heavy (non-hydrogen) atoms. The van der Waals surface area contributed by atoms with Crippen LogP contribution in [0.5, 0.6) is 0 Å². The van der Waals surface area contributed by atoms with Gasteiger partial charge in [0, 0.05) is 12.1 Å². The van der Waals surface area contributed by atoms with Gasteiger partial charge in [0.15, 0.2) is 0 Å². The molecule has 4 heteroatoms. The maximum absolute atomic E-state index is 5.59. The van der Waals surface area contributed by atoms with Gasteiger partial charge in [-0.15, -0.1) is 0 Å². The lowest BCUT2D eigenvalue weighted by Crippen LogP contribution is -2.05. The van der Waals surface area contributed by atoms with Gasteiger partial charge >= 0.3 is 0 Å². The number of nitrogens with one attached hydrogen (secondary N) is 1. The third-order valence-electron chi connectivity index (χ3n) is 2.78. The number of hydrogen-bond donors (Lipinski definition) is 2. The van der Waals surface area contributed by atoms with Crippen LogP contribution in [0.1, 0.15) is 31.0 Å². The lowest BCUT2D eigenvalue weighted by atomic mass is 10.1. The van der Waals surface area contributed by atoms with Gasteiger partial charge in [0.05, 0.1) is 0 Å². The molecule has 3 nitrogen and oxygen atoms in total. The van der Waals surface area contributed by atoms with Crippen molar-refractivity contribution in [1.82, 2.24) is 4.37 Å². The molecule has 2 aromatic rings. The summed E-state index contributed by atoms with van der Waals surface area (Å²) in [5.41, 5.74) is 8.23. The summed E-state index contributed by atoms with van der Waals surface area (Å²) < 4.78 is 4.05. The number of benzene rings is 1. The number of nitrogen functional groups attached to an aromatic ring is 1. The summed E-state index contributed by atoms with van der Waals surface area (Å²) in [6.07, 6.45) is 1.08. The van der Waals surface area contributed by atoms with E-state index in [4.69, 9.17) is 5.73 Å². The smallest absolute Gasteiger partial charge is 0.139 e. The summed E-state index contributed by atoms with van der Waals surface area (Å²) in [6.45, 7) is 4.30. The molecule has 0 aliphatic rings. The first-order valence-corrected chi connectivity index (χ1v) is 6.54. The van der Waals surface area contributed by atoms with Crippen LogP contribution in [-0.4, -0.2) is 4.37 Å². The molecule has 1 atom stereocenters. The van der Waals surface area contributed by atoms with Crippen LogP contribution in [0.15, 0.2) is 30.3 Å². The van der Waals surface area contributed by atoms with E-state index in [0.29, 0.717) is 5.82 Å². The van der Waals surface area contributed by atoms with Gasteiger partial charge in [0.2, 0.25) is 0 Å². The number of anilines is 2. The fourth-order valence-electron chi connectivity index (χ4n) is 1.70. The third-order valence-corrected chi connectivity index (χ3v) is 3.51. The molecule has 0 aliphatic heterocycles. The summed E-state index contributed by atoms with van der Waals surface area (Å²) in [7, 11) is 0. The van der Waals surface area contributed by atoms with Crippen molar-refractivity contribution in [3.63, 3.8) is 0 Å². The predicted molar refractivity (Wildman–Crippen MR) is 74.4 cm³/mol. The van der Waals surface area contributed by atoms with E-state index >= 15 is 0 Å². The topological polar surface area (TPSA) is 50.9 Å². The van der Waals surface area contributed by atoms with Gasteiger partial charge in [-0.2, -0.15) is 4.37 Å². The van der Waals surface area contributed by atoms with Crippen LogP contribution in [-0.2, 0) is 6.42 Å². The van der Waals surface area contributed by atoms with E-state index in [-0.39, 0.29) is 6.04 Å². The molecule has 3 N–H and O–H groups in total. The lowest BCUT2D eigenvalue weighted by molar-refractivity contribution is 0.887. The number of nitrogens with two attached hydrogens (primary N) is 1. The molecule has 0 amide bonds. The number of nitrogens with zero attached hydrogens (tertiary/aromatic N) is 1. The molecule has 0 aliphatic carbocycles. The molecule has 0 saturated heterocycles. The van der Waals surface area contributed by atoms with E-state index in [1.54, 1.807) is 0 Å². The summed E-state index contributed by atoms with van der Waals surface area (Å²) >= 11 is 1.39. The standard InChI is InChI=1S/C13H17N3S/c1-3-10-4-6-11(7-5-10)9(2)15-13-8-12(14)16-17-13/h4-9,15H,3H2,1-2H3,(H2,14,16). The van der Waals surface area contributed by atoms with Crippen LogP contribution in [0, 0.1) is 0 Å². The van der Waals surface area contributed by atoms with Gasteiger partial charge in [-0.25, -0.2) is 0 Å². The SMILES string of the molecule is CCc1ccc(C(C)Nc2cc(N)ns2)cc1. The van der Waals surface area contributed by atoms with Crippen LogP contribution >= 0.6 is 11.5 Å². The van der Waals surface area contributed by atoms with E-state index in [2.05, 4.69) is 47.8 Å². The van der Waals surface area contributed by atoms with E-state index in [9.17, 15) is 0 Å². The number of rotatable bonds is 4. The Morgan fingerprint density at radius 2 is 2.06 bits per heavy atom. The van der Waals surface area contributed by atoms with Crippen molar-refractivity contribution in [2.24, 2.45) is 0 Å². The van der Waals surface area contributed by atoms with Crippen LogP contribution in [0.25, 0.3) is 0 Å². The van der Waals surface area contributed by atoms with Gasteiger partial charge < -0.3 is 11.1 Å². The zero-order valence-corrected chi connectivity index (χ0v) is 10.9. The van der Waals surface area contributed by atoms with Crippen molar-refractivity contribution in [1.29, 1.82) is 0 Å². The van der Waals surface area contributed by atoms with E-state index < -0.39 is 0 Å².